The van der Waals surface area contributed by atoms with Crippen LogP contribution >= 0.6 is 22.7 Å². The fourth-order valence-corrected chi connectivity index (χ4v) is 6.04. The van der Waals surface area contributed by atoms with Crippen molar-refractivity contribution in [2.45, 2.75) is 38.1 Å². The molecule has 176 valence electrons. The predicted octanol–water partition coefficient (Wildman–Crippen LogP) is 2.47. The van der Waals surface area contributed by atoms with Crippen LogP contribution < -0.4 is 16.2 Å². The summed E-state index contributed by atoms with van der Waals surface area (Å²) in [5.74, 6) is 0.837. The third-order valence-corrected chi connectivity index (χ3v) is 7.99. The maximum atomic E-state index is 10.7. The fraction of sp³-hybridized carbons (Fsp3) is 0.348. The van der Waals surface area contributed by atoms with Crippen molar-refractivity contribution in [2.75, 3.05) is 17.2 Å². The molecule has 34 heavy (non-hydrogen) atoms. The maximum absolute atomic E-state index is 10.7. The number of thiazole rings is 1. The van der Waals surface area contributed by atoms with E-state index in [4.69, 9.17) is 20.5 Å². The second-order valence-electron chi connectivity index (χ2n) is 8.37. The lowest BCUT2D eigenvalue weighted by atomic mass is 10.1. The first kappa shape index (κ1) is 22.8. The molecule has 0 radical (unpaired) electrons. The van der Waals surface area contributed by atoms with Gasteiger partial charge >= 0.3 is 0 Å². The molecule has 1 saturated carbocycles. The third kappa shape index (κ3) is 4.51. The van der Waals surface area contributed by atoms with Crippen molar-refractivity contribution in [3.05, 3.63) is 52.3 Å². The van der Waals surface area contributed by atoms with Crippen LogP contribution in [0.5, 0.6) is 0 Å². The summed E-state index contributed by atoms with van der Waals surface area (Å²) in [4.78, 5) is 15.5. The van der Waals surface area contributed by atoms with Gasteiger partial charge in [0, 0.05) is 10.8 Å². The van der Waals surface area contributed by atoms with Gasteiger partial charge < -0.3 is 20.8 Å². The number of hydrogen-bond donors (Lipinski definition) is 5. The minimum absolute atomic E-state index is 0.220. The van der Waals surface area contributed by atoms with Gasteiger partial charge in [-0.05, 0) is 42.0 Å². The molecular weight excluding hydrogens is 470 g/mol. The Morgan fingerprint density at radius 2 is 1.97 bits per heavy atom. The number of aliphatic hydroxyl groups is 2. The average Bonchev–Trinajstić information content (AvgIpc) is 3.55. The summed E-state index contributed by atoms with van der Waals surface area (Å²) in [7, 11) is 0. The van der Waals surface area contributed by atoms with Gasteiger partial charge in [0.15, 0.2) is 0 Å². The van der Waals surface area contributed by atoms with Crippen LogP contribution in [0, 0.1) is 12.8 Å². The lowest BCUT2D eigenvalue weighted by Crippen LogP contribution is -2.36. The van der Waals surface area contributed by atoms with E-state index in [2.05, 4.69) is 21.8 Å². The van der Waals surface area contributed by atoms with Gasteiger partial charge in [0.1, 0.15) is 23.5 Å². The van der Waals surface area contributed by atoms with E-state index in [1.54, 1.807) is 22.7 Å². The molecule has 0 unspecified atom stereocenters. The van der Waals surface area contributed by atoms with Crippen LogP contribution in [0.25, 0.3) is 20.8 Å². The summed E-state index contributed by atoms with van der Waals surface area (Å²) in [5.41, 5.74) is 7.81. The molecule has 4 atom stereocenters. The predicted molar refractivity (Wildman–Crippen MR) is 134 cm³/mol. The molecular formula is C23H26N7O2S2+. The van der Waals surface area contributed by atoms with E-state index in [0.717, 1.165) is 26.5 Å². The van der Waals surface area contributed by atoms with Crippen molar-refractivity contribution in [3.63, 3.8) is 0 Å². The second-order valence-corrected chi connectivity index (χ2v) is 10.4. The molecule has 9 nitrogen and oxygen atoms in total. The molecule has 3 aromatic heterocycles. The zero-order valence-corrected chi connectivity index (χ0v) is 20.2. The quantitative estimate of drug-likeness (QED) is 0.236. The largest absolute Gasteiger partial charge is 0.390 e. The van der Waals surface area contributed by atoms with Crippen LogP contribution in [0.2, 0.25) is 0 Å². The van der Waals surface area contributed by atoms with Crippen LogP contribution in [-0.2, 0) is 6.54 Å². The molecule has 4 aromatic rings. The molecule has 0 saturated heterocycles. The van der Waals surface area contributed by atoms with Gasteiger partial charge in [-0.1, -0.05) is 18.2 Å². The van der Waals surface area contributed by atoms with Crippen molar-refractivity contribution in [1.29, 1.82) is 0 Å². The summed E-state index contributed by atoms with van der Waals surface area (Å²) in [5, 5.41) is 34.3. The van der Waals surface area contributed by atoms with Crippen LogP contribution in [0.3, 0.4) is 0 Å². The monoisotopic (exact) mass is 496 g/mol. The van der Waals surface area contributed by atoms with Crippen LogP contribution in [-0.4, -0.2) is 50.0 Å². The first-order valence-electron chi connectivity index (χ1n) is 11.0. The Balaban J connectivity index is 1.51. The number of thiophene rings is 1. The lowest BCUT2D eigenvalue weighted by molar-refractivity contribution is -0.224. The summed E-state index contributed by atoms with van der Waals surface area (Å²) < 4.78 is 1.07. The Kier molecular flexibility index (Phi) is 6.50. The number of aromatic nitrogens is 3. The number of nitrogens with one attached hydrogen (secondary N) is 2. The molecule has 11 heteroatoms. The summed E-state index contributed by atoms with van der Waals surface area (Å²) in [6.07, 6.45) is -1.36. The fourth-order valence-electron chi connectivity index (χ4n) is 4.33. The highest BCUT2D eigenvalue weighted by atomic mass is 32.1. The van der Waals surface area contributed by atoms with Crippen molar-refractivity contribution < 1.29 is 15.7 Å². The number of aliphatic hydroxyl groups excluding tert-OH is 2. The Labute approximate surface area is 204 Å². The van der Waals surface area contributed by atoms with E-state index in [1.807, 2.05) is 42.6 Å². The van der Waals surface area contributed by atoms with E-state index in [0.29, 0.717) is 24.7 Å². The van der Waals surface area contributed by atoms with Gasteiger partial charge in [-0.3, -0.25) is 0 Å². The first-order valence-corrected chi connectivity index (χ1v) is 12.7. The number of aryl methyl sites for hydroxylation is 1. The molecule has 0 spiro atoms. The van der Waals surface area contributed by atoms with E-state index in [-0.39, 0.29) is 12.5 Å². The van der Waals surface area contributed by atoms with Crippen molar-refractivity contribution in [2.24, 2.45) is 11.0 Å². The summed E-state index contributed by atoms with van der Waals surface area (Å²) in [6, 6.07) is 11.6. The number of nitrogens with two attached hydrogens (primary N) is 1. The Bertz CT molecular complexity index is 1260. The van der Waals surface area contributed by atoms with Crippen molar-refractivity contribution in [3.8, 4) is 10.6 Å². The number of rotatable bonds is 8. The Morgan fingerprint density at radius 1 is 1.12 bits per heavy atom. The Morgan fingerprint density at radius 3 is 2.74 bits per heavy atom. The van der Waals surface area contributed by atoms with Gasteiger partial charge in [-0.2, -0.15) is 10.5 Å². The average molecular weight is 497 g/mol. The molecule has 1 fully saturated rings. The molecule has 1 aliphatic rings. The number of benzene rings is 1. The topological polar surface area (TPSA) is 141 Å². The molecule has 1 aliphatic carbocycles. The van der Waals surface area contributed by atoms with Gasteiger partial charge in [0.2, 0.25) is 5.95 Å². The molecule has 3 heterocycles. The number of fused-ring (bicyclic) bond motifs is 1. The molecule has 0 aliphatic heterocycles. The highest BCUT2D eigenvalue weighted by molar-refractivity contribution is 7.21. The summed E-state index contributed by atoms with van der Waals surface area (Å²) in [6.45, 7) is 2.83. The highest BCUT2D eigenvalue weighted by Gasteiger charge is 2.42. The van der Waals surface area contributed by atoms with Gasteiger partial charge in [0.05, 0.1) is 40.2 Å². The number of hydrogen-bond acceptors (Lipinski definition) is 10. The van der Waals surface area contributed by atoms with Crippen molar-refractivity contribution in [1.82, 2.24) is 15.0 Å². The number of anilines is 2. The van der Waals surface area contributed by atoms with Gasteiger partial charge in [-0.25, -0.2) is 9.97 Å². The number of para-hydroxylation sites is 1. The first-order chi connectivity index (χ1) is 16.5. The molecule has 5 rings (SSSR count). The smallest absolute Gasteiger partial charge is 0.225 e. The standard InChI is InChI=1S/C23H25N7O2S2/c1-12-18(22-29-15-6-2-3-7-17(15)34-22)21(28-16-9-13(10-26-24)19(31)20(16)32)30-23(27-12)25-11-14-5-4-8-33-14/h2-8,13,16,19-20,24,31-32H,9-11H2,1H3,(H2,25,27,28,30)/p+1/t13-,16-,19-,20+/m1/s1. The normalized spacial score (nSPS) is 22.2. The Hall–Kier alpha value is -2.99. The van der Waals surface area contributed by atoms with Gasteiger partial charge in [0.25, 0.3) is 0 Å². The van der Waals surface area contributed by atoms with Crippen LogP contribution in [0.1, 0.15) is 17.0 Å². The summed E-state index contributed by atoms with van der Waals surface area (Å²) >= 11 is 3.23. The van der Waals surface area contributed by atoms with Gasteiger partial charge in [-0.15, -0.1) is 22.7 Å². The van der Waals surface area contributed by atoms with Crippen LogP contribution in [0.15, 0.2) is 46.9 Å². The minimum Gasteiger partial charge on any atom is -0.390 e. The molecule has 0 bridgehead atoms. The van der Waals surface area contributed by atoms with E-state index < -0.39 is 18.2 Å². The number of nitrogens with zero attached hydrogens (tertiary/aromatic N) is 4. The third-order valence-electron chi connectivity index (χ3n) is 6.06. The zero-order chi connectivity index (χ0) is 23.7. The van der Waals surface area contributed by atoms with E-state index in [9.17, 15) is 10.2 Å². The van der Waals surface area contributed by atoms with Crippen LogP contribution in [0.4, 0.5) is 11.8 Å². The second kappa shape index (κ2) is 9.71. The highest BCUT2D eigenvalue weighted by Crippen LogP contribution is 2.38. The zero-order valence-electron chi connectivity index (χ0n) is 18.5. The SMILES string of the molecule is Cc1nc(NCc2cccs2)nc(N[C@@H]2C[C@H](CN=[NH2+])[C@@H](O)[C@H]2O)c1-c1nc2ccccc2s1. The van der Waals surface area contributed by atoms with E-state index in [1.165, 1.54) is 4.88 Å². The molecule has 0 amide bonds. The van der Waals surface area contributed by atoms with E-state index >= 15 is 0 Å². The molecule has 6 N–H and O–H groups in total. The lowest BCUT2D eigenvalue weighted by Gasteiger charge is -2.21. The maximum Gasteiger partial charge on any atom is 0.225 e. The molecule has 1 aromatic carbocycles. The minimum atomic E-state index is -0.965. The van der Waals surface area contributed by atoms with Crippen molar-refractivity contribution >= 4 is 44.7 Å².